The van der Waals surface area contributed by atoms with Crippen molar-refractivity contribution in [2.24, 2.45) is 4.99 Å². The second-order valence-corrected chi connectivity index (χ2v) is 9.30. The molecular weight excluding hydrogens is 484 g/mol. The number of halogens is 5. The second kappa shape index (κ2) is 9.51. The zero-order valence-corrected chi connectivity index (χ0v) is 20.3. The molecule has 178 valence electrons. The van der Waals surface area contributed by atoms with E-state index in [1.807, 2.05) is 48.3 Å². The summed E-state index contributed by atoms with van der Waals surface area (Å²) in [6.07, 6.45) is -4.79. The van der Waals surface area contributed by atoms with Gasteiger partial charge in [0.15, 0.2) is 0 Å². The minimum Gasteiger partial charge on any atom is -0.490 e. The fourth-order valence-electron chi connectivity index (χ4n) is 4.11. The van der Waals surface area contributed by atoms with E-state index in [0.29, 0.717) is 21.4 Å². The van der Waals surface area contributed by atoms with Crippen molar-refractivity contribution in [2.45, 2.75) is 38.2 Å². The molecule has 0 spiro atoms. The van der Waals surface area contributed by atoms with E-state index in [2.05, 4.69) is 0 Å². The summed E-state index contributed by atoms with van der Waals surface area (Å²) in [5.74, 6) is 0.686. The highest BCUT2D eigenvalue weighted by Crippen LogP contribution is 2.44. The maximum absolute atomic E-state index is 13.4. The Kier molecular flexibility index (Phi) is 6.83. The maximum Gasteiger partial charge on any atom is 0.416 e. The lowest BCUT2D eigenvalue weighted by molar-refractivity contribution is -0.137. The number of hydrogen-bond acceptors (Lipinski definition) is 3. The van der Waals surface area contributed by atoms with Crippen molar-refractivity contribution >= 4 is 29.0 Å². The number of alkyl halides is 3. The third-order valence-electron chi connectivity index (χ3n) is 5.65. The van der Waals surface area contributed by atoms with E-state index in [-0.39, 0.29) is 23.9 Å². The van der Waals surface area contributed by atoms with E-state index >= 15 is 0 Å². The number of nitrogens with zero attached hydrogens (tertiary/aromatic N) is 2. The van der Waals surface area contributed by atoms with Crippen LogP contribution in [0.3, 0.4) is 0 Å². The van der Waals surface area contributed by atoms with Crippen LogP contribution in [0, 0.1) is 0 Å². The van der Waals surface area contributed by atoms with E-state index in [9.17, 15) is 13.2 Å². The molecule has 0 N–H and O–H groups in total. The highest BCUT2D eigenvalue weighted by atomic mass is 35.5. The number of hydrogen-bond donors (Lipinski definition) is 0. The number of aliphatic imine (C=N–C) groups is 1. The summed E-state index contributed by atoms with van der Waals surface area (Å²) in [6, 6.07) is 17.9. The van der Waals surface area contributed by atoms with E-state index in [0.717, 1.165) is 23.3 Å². The lowest BCUT2D eigenvalue weighted by atomic mass is 9.94. The van der Waals surface area contributed by atoms with Crippen molar-refractivity contribution in [2.75, 3.05) is 7.05 Å². The quantitative estimate of drug-likeness (QED) is 0.350. The van der Waals surface area contributed by atoms with Gasteiger partial charge in [-0.25, -0.2) is 0 Å². The molecule has 8 heteroatoms. The lowest BCUT2D eigenvalue weighted by Crippen LogP contribution is -2.29. The van der Waals surface area contributed by atoms with Gasteiger partial charge < -0.3 is 9.64 Å². The van der Waals surface area contributed by atoms with E-state index < -0.39 is 11.7 Å². The molecule has 4 rings (SSSR count). The molecule has 0 saturated carbocycles. The molecule has 1 heterocycles. The Morgan fingerprint density at radius 1 is 0.882 bits per heavy atom. The van der Waals surface area contributed by atoms with Crippen LogP contribution in [0.1, 0.15) is 48.2 Å². The van der Waals surface area contributed by atoms with E-state index in [1.165, 1.54) is 6.07 Å². The fourth-order valence-corrected chi connectivity index (χ4v) is 4.37. The Morgan fingerprint density at radius 2 is 1.44 bits per heavy atom. The van der Waals surface area contributed by atoms with Crippen molar-refractivity contribution in [3.8, 4) is 5.75 Å². The average Bonchev–Trinajstić information content (AvgIpc) is 3.10. The van der Waals surface area contributed by atoms with Crippen LogP contribution in [0.25, 0.3) is 0 Å². The summed E-state index contributed by atoms with van der Waals surface area (Å²) in [6.45, 7) is 3.55. The maximum atomic E-state index is 13.4. The molecule has 1 aliphatic rings. The van der Waals surface area contributed by atoms with Crippen LogP contribution in [0.2, 0.25) is 10.0 Å². The smallest absolute Gasteiger partial charge is 0.416 e. The first kappa shape index (κ1) is 24.4. The summed E-state index contributed by atoms with van der Waals surface area (Å²) in [7, 11) is 1.88. The number of likely N-dealkylation sites (N-methyl/N-ethyl adjacent to an activating group) is 1. The predicted molar refractivity (Wildman–Crippen MR) is 130 cm³/mol. The summed E-state index contributed by atoms with van der Waals surface area (Å²) < 4.78 is 46.0. The Bertz CT molecular complexity index is 1190. The fraction of sp³-hybridized carbons (Fsp3) is 0.269. The monoisotopic (exact) mass is 506 g/mol. The van der Waals surface area contributed by atoms with Gasteiger partial charge in [-0.3, -0.25) is 4.99 Å². The van der Waals surface area contributed by atoms with Gasteiger partial charge in [-0.15, -0.1) is 0 Å². The standard InChI is InChI=1S/C26H23Cl2F3N2O/c1-15(2)34-22-14-18(26(29,30)31)8-13-21(22)25-32-23(16-4-9-19(27)10-5-16)24(33(25)3)17-6-11-20(28)12-7-17/h4-15,23-24H,1-3H3. The molecule has 1 aliphatic heterocycles. The van der Waals surface area contributed by atoms with Gasteiger partial charge in [-0.1, -0.05) is 47.5 Å². The van der Waals surface area contributed by atoms with Crippen molar-refractivity contribution in [3.05, 3.63) is 99.0 Å². The predicted octanol–water partition coefficient (Wildman–Crippen LogP) is 7.97. The second-order valence-electron chi connectivity index (χ2n) is 8.43. The average molecular weight is 507 g/mol. The van der Waals surface area contributed by atoms with Gasteiger partial charge in [-0.05, 0) is 67.4 Å². The topological polar surface area (TPSA) is 24.8 Å². The Morgan fingerprint density at radius 3 is 1.97 bits per heavy atom. The molecule has 0 radical (unpaired) electrons. The van der Waals surface area contributed by atoms with Gasteiger partial charge >= 0.3 is 6.18 Å². The molecule has 2 unspecified atom stereocenters. The highest BCUT2D eigenvalue weighted by molar-refractivity contribution is 6.30. The summed E-state index contributed by atoms with van der Waals surface area (Å²) >= 11 is 12.2. The highest BCUT2D eigenvalue weighted by Gasteiger charge is 2.38. The van der Waals surface area contributed by atoms with Gasteiger partial charge in [0.2, 0.25) is 0 Å². The number of ether oxygens (including phenoxy) is 1. The molecule has 3 aromatic carbocycles. The summed E-state index contributed by atoms with van der Waals surface area (Å²) in [5.41, 5.74) is 1.64. The van der Waals surface area contributed by atoms with Crippen LogP contribution in [-0.2, 0) is 6.18 Å². The van der Waals surface area contributed by atoms with Crippen LogP contribution >= 0.6 is 23.2 Å². The number of amidine groups is 1. The largest absolute Gasteiger partial charge is 0.490 e. The molecule has 2 atom stereocenters. The summed E-state index contributed by atoms with van der Waals surface area (Å²) in [4.78, 5) is 6.96. The molecule has 3 aromatic rings. The van der Waals surface area contributed by atoms with Crippen molar-refractivity contribution in [1.82, 2.24) is 4.90 Å². The van der Waals surface area contributed by atoms with Gasteiger partial charge in [0.25, 0.3) is 0 Å². The Labute approximate surface area is 206 Å². The first-order valence-corrected chi connectivity index (χ1v) is 11.5. The third kappa shape index (κ3) is 5.03. The summed E-state index contributed by atoms with van der Waals surface area (Å²) in [5, 5.41) is 1.22. The first-order valence-electron chi connectivity index (χ1n) is 10.7. The van der Waals surface area contributed by atoms with Crippen LogP contribution < -0.4 is 4.74 Å². The van der Waals surface area contributed by atoms with E-state index in [1.54, 1.807) is 26.0 Å². The van der Waals surface area contributed by atoms with E-state index in [4.69, 9.17) is 32.9 Å². The molecule has 0 fully saturated rings. The van der Waals surface area contributed by atoms with Crippen molar-refractivity contribution in [3.63, 3.8) is 0 Å². The first-order chi connectivity index (χ1) is 16.0. The van der Waals surface area contributed by atoms with Crippen LogP contribution in [0.15, 0.2) is 71.7 Å². The van der Waals surface area contributed by atoms with Crippen molar-refractivity contribution in [1.29, 1.82) is 0 Å². The van der Waals surface area contributed by atoms with Gasteiger partial charge in [0.1, 0.15) is 17.6 Å². The zero-order valence-electron chi connectivity index (χ0n) is 18.8. The number of rotatable bonds is 5. The van der Waals surface area contributed by atoms with Crippen molar-refractivity contribution < 1.29 is 17.9 Å². The molecule has 3 nitrogen and oxygen atoms in total. The van der Waals surface area contributed by atoms with Crippen LogP contribution in [0.4, 0.5) is 13.2 Å². The zero-order chi connectivity index (χ0) is 24.6. The molecule has 34 heavy (non-hydrogen) atoms. The Hall–Kier alpha value is -2.70. The van der Waals surface area contributed by atoms with Gasteiger partial charge in [0.05, 0.1) is 23.3 Å². The third-order valence-corrected chi connectivity index (χ3v) is 6.15. The Balaban J connectivity index is 1.84. The van der Waals surface area contributed by atoms with Gasteiger partial charge in [0, 0.05) is 17.1 Å². The molecule has 0 aliphatic carbocycles. The molecular formula is C26H23Cl2F3N2O. The number of benzene rings is 3. The van der Waals surface area contributed by atoms with Crippen LogP contribution in [-0.4, -0.2) is 23.9 Å². The van der Waals surface area contributed by atoms with Gasteiger partial charge in [-0.2, -0.15) is 13.2 Å². The molecule has 0 saturated heterocycles. The lowest BCUT2D eigenvalue weighted by Gasteiger charge is -2.28. The molecule has 0 bridgehead atoms. The minimum absolute atomic E-state index is 0.141. The minimum atomic E-state index is -4.48. The normalized spacial score (nSPS) is 18.4. The molecule has 0 aromatic heterocycles. The molecule has 0 amide bonds. The SMILES string of the molecule is CC(C)Oc1cc(C(F)(F)F)ccc1C1=NC(c2ccc(Cl)cc2)C(c2ccc(Cl)cc2)N1C. The van der Waals surface area contributed by atoms with Crippen LogP contribution in [0.5, 0.6) is 5.75 Å².